The maximum absolute atomic E-state index is 10.2. The fraction of sp³-hybridized carbons (Fsp3) is 0.333. The van der Waals surface area contributed by atoms with Gasteiger partial charge in [-0.1, -0.05) is 6.58 Å². The molecule has 9 heavy (non-hydrogen) atoms. The Morgan fingerprint density at radius 3 is 2.56 bits per heavy atom. The normalized spacial score (nSPS) is 9.56. The predicted molar refractivity (Wildman–Crippen MR) is 37.1 cm³/mol. The Morgan fingerprint density at radius 2 is 2.22 bits per heavy atom. The molecule has 0 heterocycles. The van der Waals surface area contributed by atoms with Crippen molar-refractivity contribution < 1.29 is 4.79 Å². The van der Waals surface area contributed by atoms with Crippen LogP contribution in [0.15, 0.2) is 17.4 Å². The predicted octanol–water partition coefficient (Wildman–Crippen LogP) is 0.684. The van der Waals surface area contributed by atoms with Crippen molar-refractivity contribution in [1.82, 2.24) is 5.43 Å². The number of hydrogen-bond acceptors (Lipinski definition) is 3. The highest BCUT2D eigenvalue weighted by atomic mass is 16.1. The second kappa shape index (κ2) is 3.83. The van der Waals surface area contributed by atoms with Crippen molar-refractivity contribution in [3.8, 4) is 0 Å². The van der Waals surface area contributed by atoms with E-state index in [-0.39, 0.29) is 5.78 Å². The number of carbonyl (C=O) groups excluding carboxylic acids is 1. The molecule has 0 spiro atoms. The van der Waals surface area contributed by atoms with E-state index >= 15 is 0 Å². The summed E-state index contributed by atoms with van der Waals surface area (Å²) in [7, 11) is 0. The quantitative estimate of drug-likeness (QED) is 0.446. The molecule has 0 aromatic carbocycles. The first-order valence-electron chi connectivity index (χ1n) is 2.58. The average Bonchev–Trinajstić information content (AvgIpc) is 1.63. The van der Waals surface area contributed by atoms with Crippen LogP contribution in [0.1, 0.15) is 13.8 Å². The number of rotatable bonds is 3. The molecule has 50 valence electrons. The summed E-state index contributed by atoms with van der Waals surface area (Å²) in [5.41, 5.74) is 3.25. The smallest absolute Gasteiger partial charge is 0.172 e. The number of carbonyl (C=O) groups is 1. The Morgan fingerprint density at radius 1 is 1.67 bits per heavy atom. The number of allylic oxidation sites excluding steroid dienone is 1. The maximum Gasteiger partial charge on any atom is 0.172 e. The molecule has 0 amide bonds. The van der Waals surface area contributed by atoms with Crippen LogP contribution in [0.5, 0.6) is 0 Å². The molecule has 3 nitrogen and oxygen atoms in total. The summed E-state index contributed by atoms with van der Waals surface area (Å²) in [4.78, 5) is 10.2. The van der Waals surface area contributed by atoms with Crippen LogP contribution >= 0.6 is 0 Å². The zero-order valence-electron chi connectivity index (χ0n) is 5.64. The SMILES string of the molecule is C=C(C)N/N=C\C(C)=O. The van der Waals surface area contributed by atoms with Crippen LogP contribution in [0.3, 0.4) is 0 Å². The topological polar surface area (TPSA) is 41.5 Å². The minimum absolute atomic E-state index is 0.0799. The molecular formula is C6H10N2O. The van der Waals surface area contributed by atoms with E-state index in [9.17, 15) is 4.79 Å². The van der Waals surface area contributed by atoms with Gasteiger partial charge in [0.1, 0.15) is 0 Å². The van der Waals surface area contributed by atoms with E-state index in [0.29, 0.717) is 5.70 Å². The van der Waals surface area contributed by atoms with Crippen molar-refractivity contribution in [1.29, 1.82) is 0 Å². The molecule has 1 N–H and O–H groups in total. The third-order valence-electron chi connectivity index (χ3n) is 0.502. The molecule has 0 unspecified atom stereocenters. The lowest BCUT2D eigenvalue weighted by atomic mass is 10.5. The lowest BCUT2D eigenvalue weighted by Gasteiger charge is -1.92. The summed E-state index contributed by atoms with van der Waals surface area (Å²) >= 11 is 0. The molecule has 0 aliphatic carbocycles. The van der Waals surface area contributed by atoms with Gasteiger partial charge in [0, 0.05) is 12.6 Å². The minimum Gasteiger partial charge on any atom is -0.293 e. The highest BCUT2D eigenvalue weighted by Gasteiger charge is 1.80. The first kappa shape index (κ1) is 7.88. The van der Waals surface area contributed by atoms with Crippen LogP contribution in [0.4, 0.5) is 0 Å². The van der Waals surface area contributed by atoms with E-state index in [4.69, 9.17) is 0 Å². The van der Waals surface area contributed by atoms with Crippen LogP contribution in [0.25, 0.3) is 0 Å². The Hall–Kier alpha value is -1.12. The van der Waals surface area contributed by atoms with Gasteiger partial charge in [0.25, 0.3) is 0 Å². The van der Waals surface area contributed by atoms with E-state index in [0.717, 1.165) is 0 Å². The van der Waals surface area contributed by atoms with Gasteiger partial charge in [-0.15, -0.1) is 0 Å². The monoisotopic (exact) mass is 126 g/mol. The van der Waals surface area contributed by atoms with E-state index in [1.54, 1.807) is 6.92 Å². The van der Waals surface area contributed by atoms with Gasteiger partial charge in [-0.2, -0.15) is 5.10 Å². The average molecular weight is 126 g/mol. The summed E-state index contributed by atoms with van der Waals surface area (Å²) in [6.07, 6.45) is 1.20. The van der Waals surface area contributed by atoms with Crippen molar-refractivity contribution in [2.45, 2.75) is 13.8 Å². The van der Waals surface area contributed by atoms with Gasteiger partial charge in [-0.05, 0) is 6.92 Å². The summed E-state index contributed by atoms with van der Waals surface area (Å²) in [6, 6.07) is 0. The molecule has 0 bridgehead atoms. The lowest BCUT2D eigenvalue weighted by Crippen LogP contribution is -2.02. The molecule has 0 aromatic heterocycles. The fourth-order valence-corrected chi connectivity index (χ4v) is 0.233. The largest absolute Gasteiger partial charge is 0.293 e. The molecule has 0 atom stereocenters. The van der Waals surface area contributed by atoms with Crippen LogP contribution in [0.2, 0.25) is 0 Å². The second-order valence-electron chi connectivity index (χ2n) is 1.76. The van der Waals surface area contributed by atoms with E-state index in [1.165, 1.54) is 13.1 Å². The number of nitrogens with zero attached hydrogens (tertiary/aromatic N) is 1. The molecule has 0 saturated heterocycles. The summed E-state index contributed by atoms with van der Waals surface area (Å²) < 4.78 is 0. The number of hydrazone groups is 1. The summed E-state index contributed by atoms with van der Waals surface area (Å²) in [5, 5.41) is 3.55. The van der Waals surface area contributed by atoms with E-state index in [2.05, 4.69) is 17.1 Å². The number of nitrogens with one attached hydrogen (secondary N) is 1. The van der Waals surface area contributed by atoms with Crippen molar-refractivity contribution in [3.63, 3.8) is 0 Å². The second-order valence-corrected chi connectivity index (χ2v) is 1.76. The molecule has 3 heteroatoms. The molecule has 0 aromatic rings. The van der Waals surface area contributed by atoms with Crippen LogP contribution < -0.4 is 5.43 Å². The number of Topliss-reactive ketones (excluding diaryl/α,β-unsaturated/α-hetero) is 1. The van der Waals surface area contributed by atoms with Crippen molar-refractivity contribution in [2.75, 3.05) is 0 Å². The minimum atomic E-state index is -0.0799. The van der Waals surface area contributed by atoms with Gasteiger partial charge in [-0.3, -0.25) is 10.2 Å². The summed E-state index contributed by atoms with van der Waals surface area (Å²) in [6.45, 7) is 6.71. The van der Waals surface area contributed by atoms with E-state index in [1.807, 2.05) is 0 Å². The number of ketones is 1. The number of hydrogen-bond donors (Lipinski definition) is 1. The van der Waals surface area contributed by atoms with Gasteiger partial charge in [-0.25, -0.2) is 0 Å². The standard InChI is InChI=1S/C6H10N2O/c1-5(2)8-7-4-6(3)9/h4,8H,1H2,2-3H3/b7-4-. The molecule has 0 aliphatic heterocycles. The first-order chi connectivity index (χ1) is 4.13. The molecule has 0 aliphatic rings. The lowest BCUT2D eigenvalue weighted by molar-refractivity contribution is -0.110. The van der Waals surface area contributed by atoms with Crippen LogP contribution in [-0.2, 0) is 4.79 Å². The van der Waals surface area contributed by atoms with Gasteiger partial charge in [0.05, 0.1) is 6.21 Å². The third kappa shape index (κ3) is 6.88. The van der Waals surface area contributed by atoms with Crippen LogP contribution in [-0.4, -0.2) is 12.0 Å². The van der Waals surface area contributed by atoms with Crippen molar-refractivity contribution in [2.24, 2.45) is 5.10 Å². The first-order valence-corrected chi connectivity index (χ1v) is 2.58. The molecule has 0 saturated carbocycles. The Balaban J connectivity index is 3.48. The van der Waals surface area contributed by atoms with E-state index < -0.39 is 0 Å². The highest BCUT2D eigenvalue weighted by molar-refractivity contribution is 6.26. The fourth-order valence-electron chi connectivity index (χ4n) is 0.233. The van der Waals surface area contributed by atoms with Crippen molar-refractivity contribution in [3.05, 3.63) is 12.3 Å². The van der Waals surface area contributed by atoms with Crippen molar-refractivity contribution >= 4 is 12.0 Å². The zero-order chi connectivity index (χ0) is 7.28. The molecule has 0 rings (SSSR count). The zero-order valence-corrected chi connectivity index (χ0v) is 5.64. The molecule has 0 radical (unpaired) electrons. The Labute approximate surface area is 54.5 Å². The Kier molecular flexibility index (Phi) is 3.35. The van der Waals surface area contributed by atoms with Crippen LogP contribution in [0, 0.1) is 0 Å². The van der Waals surface area contributed by atoms with Gasteiger partial charge < -0.3 is 0 Å². The third-order valence-corrected chi connectivity index (χ3v) is 0.502. The Bertz CT molecular complexity index is 149. The van der Waals surface area contributed by atoms with Gasteiger partial charge in [0.15, 0.2) is 5.78 Å². The van der Waals surface area contributed by atoms with Gasteiger partial charge >= 0.3 is 0 Å². The highest BCUT2D eigenvalue weighted by Crippen LogP contribution is 1.74. The molecule has 0 fully saturated rings. The molecular weight excluding hydrogens is 116 g/mol. The van der Waals surface area contributed by atoms with Gasteiger partial charge in [0.2, 0.25) is 0 Å². The maximum atomic E-state index is 10.2. The summed E-state index contributed by atoms with van der Waals surface area (Å²) in [5.74, 6) is -0.0799.